The van der Waals surface area contributed by atoms with Crippen molar-refractivity contribution in [2.45, 2.75) is 6.42 Å². The molecule has 4 heteroatoms. The summed E-state index contributed by atoms with van der Waals surface area (Å²) in [5, 5.41) is 0. The number of benzene rings is 2. The van der Waals surface area contributed by atoms with Crippen molar-refractivity contribution in [3.05, 3.63) is 65.5 Å². The zero-order valence-corrected chi connectivity index (χ0v) is 9.97. The summed E-state index contributed by atoms with van der Waals surface area (Å²) in [7, 11) is 0. The monoisotopic (exact) mass is 255 g/mol. The molecule has 3 nitrogen and oxygen atoms in total. The Morgan fingerprint density at radius 1 is 1.05 bits per heavy atom. The van der Waals surface area contributed by atoms with Crippen LogP contribution in [0.25, 0.3) is 0 Å². The number of para-hydroxylation sites is 1. The molecule has 0 radical (unpaired) electrons. The minimum Gasteiger partial charge on any atom is -0.274 e. The first-order chi connectivity index (χ1) is 9.18. The van der Waals surface area contributed by atoms with Gasteiger partial charge in [-0.15, -0.1) is 0 Å². The lowest BCUT2D eigenvalue weighted by Gasteiger charge is -2.15. The van der Waals surface area contributed by atoms with E-state index in [1.165, 1.54) is 18.2 Å². The van der Waals surface area contributed by atoms with E-state index in [0.717, 1.165) is 10.5 Å². The van der Waals surface area contributed by atoms with Crippen LogP contribution in [-0.2, 0) is 11.2 Å². The Hall–Kier alpha value is -2.49. The highest BCUT2D eigenvalue weighted by molar-refractivity contribution is 6.24. The number of fused-ring (bicyclic) bond motifs is 1. The first kappa shape index (κ1) is 11.6. The summed E-state index contributed by atoms with van der Waals surface area (Å²) in [5.74, 6) is -1.56. The van der Waals surface area contributed by atoms with Gasteiger partial charge in [0, 0.05) is 0 Å². The van der Waals surface area contributed by atoms with Gasteiger partial charge in [-0.05, 0) is 23.8 Å². The van der Waals surface area contributed by atoms with Crippen LogP contribution in [0, 0.1) is 5.82 Å². The van der Waals surface area contributed by atoms with Crippen molar-refractivity contribution in [1.29, 1.82) is 0 Å². The Kier molecular flexibility index (Phi) is 2.63. The molecule has 0 N–H and O–H groups in total. The van der Waals surface area contributed by atoms with Gasteiger partial charge >= 0.3 is 0 Å². The summed E-state index contributed by atoms with van der Waals surface area (Å²) in [4.78, 5) is 25.3. The lowest BCUT2D eigenvalue weighted by Crippen LogP contribution is -2.34. The van der Waals surface area contributed by atoms with Gasteiger partial charge in [0.1, 0.15) is 5.82 Å². The Balaban J connectivity index is 2.06. The van der Waals surface area contributed by atoms with Crippen molar-refractivity contribution in [3.8, 4) is 0 Å². The Bertz CT molecular complexity index is 681. The number of rotatable bonds is 1. The molecule has 1 aliphatic heterocycles. The molecule has 0 atom stereocenters. The molecule has 2 aromatic carbocycles. The van der Waals surface area contributed by atoms with Crippen LogP contribution in [0.15, 0.2) is 48.5 Å². The van der Waals surface area contributed by atoms with E-state index in [9.17, 15) is 14.0 Å². The Labute approximate surface area is 109 Å². The van der Waals surface area contributed by atoms with Gasteiger partial charge in [0.2, 0.25) is 5.91 Å². The van der Waals surface area contributed by atoms with E-state index in [0.29, 0.717) is 5.69 Å². The van der Waals surface area contributed by atoms with Crippen LogP contribution in [0.1, 0.15) is 15.9 Å². The van der Waals surface area contributed by atoms with Crippen LogP contribution in [-0.4, -0.2) is 11.8 Å². The molecule has 0 aliphatic carbocycles. The molecule has 94 valence electrons. The van der Waals surface area contributed by atoms with Gasteiger partial charge < -0.3 is 0 Å². The van der Waals surface area contributed by atoms with Gasteiger partial charge in [0.15, 0.2) is 0 Å². The highest BCUT2D eigenvalue weighted by Crippen LogP contribution is 2.30. The number of imide groups is 1. The predicted molar refractivity (Wildman–Crippen MR) is 68.4 cm³/mol. The topological polar surface area (TPSA) is 37.4 Å². The zero-order chi connectivity index (χ0) is 13.4. The standard InChI is InChI=1S/C15H10FNO2/c16-12-7-3-2-6-11(12)15(19)17-13-8-4-1-5-10(13)9-14(17)18/h1-8H,9H2. The highest BCUT2D eigenvalue weighted by Gasteiger charge is 2.33. The van der Waals surface area contributed by atoms with Gasteiger partial charge in [0.25, 0.3) is 5.91 Å². The Morgan fingerprint density at radius 3 is 2.53 bits per heavy atom. The lowest BCUT2D eigenvalue weighted by atomic mass is 10.1. The lowest BCUT2D eigenvalue weighted by molar-refractivity contribution is -0.116. The molecule has 19 heavy (non-hydrogen) atoms. The first-order valence-corrected chi connectivity index (χ1v) is 5.88. The number of hydrogen-bond donors (Lipinski definition) is 0. The van der Waals surface area contributed by atoms with Crippen molar-refractivity contribution in [1.82, 2.24) is 0 Å². The molecule has 1 aliphatic rings. The molecule has 3 rings (SSSR count). The van der Waals surface area contributed by atoms with E-state index in [4.69, 9.17) is 0 Å². The van der Waals surface area contributed by atoms with Gasteiger partial charge in [-0.2, -0.15) is 0 Å². The van der Waals surface area contributed by atoms with Crippen molar-refractivity contribution in [2.24, 2.45) is 0 Å². The number of anilines is 1. The number of hydrogen-bond acceptors (Lipinski definition) is 2. The molecule has 0 fully saturated rings. The van der Waals surface area contributed by atoms with Crippen molar-refractivity contribution in [3.63, 3.8) is 0 Å². The van der Waals surface area contributed by atoms with Crippen LogP contribution in [0.5, 0.6) is 0 Å². The number of carbonyl (C=O) groups is 2. The smallest absolute Gasteiger partial charge is 0.268 e. The summed E-state index contributed by atoms with van der Waals surface area (Å²) in [6, 6.07) is 12.7. The minimum atomic E-state index is -0.621. The second-order valence-electron chi connectivity index (χ2n) is 4.32. The summed E-state index contributed by atoms with van der Waals surface area (Å²) in [6.45, 7) is 0. The molecule has 2 amide bonds. The first-order valence-electron chi connectivity index (χ1n) is 5.88. The van der Waals surface area contributed by atoms with Crippen molar-refractivity contribution in [2.75, 3.05) is 4.90 Å². The number of nitrogens with zero attached hydrogens (tertiary/aromatic N) is 1. The van der Waals surface area contributed by atoms with Gasteiger partial charge in [-0.25, -0.2) is 9.29 Å². The second kappa shape index (κ2) is 4.31. The zero-order valence-electron chi connectivity index (χ0n) is 9.97. The van der Waals surface area contributed by atoms with E-state index in [1.807, 2.05) is 6.07 Å². The van der Waals surface area contributed by atoms with Crippen LogP contribution in [0.2, 0.25) is 0 Å². The molecule has 0 bridgehead atoms. The molecule has 1 heterocycles. The third-order valence-corrected chi connectivity index (χ3v) is 3.13. The van der Waals surface area contributed by atoms with E-state index in [1.54, 1.807) is 24.3 Å². The summed E-state index contributed by atoms with van der Waals surface area (Å²) in [5.41, 5.74) is 1.24. The fourth-order valence-corrected chi connectivity index (χ4v) is 2.23. The minimum absolute atomic E-state index is 0.0902. The predicted octanol–water partition coefficient (Wildman–Crippen LogP) is 2.56. The van der Waals surface area contributed by atoms with Gasteiger partial charge in [0.05, 0.1) is 17.7 Å². The molecule has 2 aromatic rings. The molecular formula is C15H10FNO2. The van der Waals surface area contributed by atoms with Crippen LogP contribution < -0.4 is 4.90 Å². The highest BCUT2D eigenvalue weighted by atomic mass is 19.1. The second-order valence-corrected chi connectivity index (χ2v) is 4.32. The van der Waals surface area contributed by atoms with E-state index >= 15 is 0 Å². The van der Waals surface area contributed by atoms with Crippen molar-refractivity contribution < 1.29 is 14.0 Å². The summed E-state index contributed by atoms with van der Waals surface area (Å²) < 4.78 is 13.6. The third kappa shape index (κ3) is 1.81. The number of amides is 2. The van der Waals surface area contributed by atoms with Crippen LogP contribution in [0.4, 0.5) is 10.1 Å². The van der Waals surface area contributed by atoms with Crippen molar-refractivity contribution >= 4 is 17.5 Å². The third-order valence-electron chi connectivity index (χ3n) is 3.13. The number of halogens is 1. The maximum atomic E-state index is 13.6. The van der Waals surface area contributed by atoms with Gasteiger partial charge in [-0.3, -0.25) is 9.59 Å². The quantitative estimate of drug-likeness (QED) is 0.734. The molecule has 0 aromatic heterocycles. The van der Waals surface area contributed by atoms with Crippen LogP contribution >= 0.6 is 0 Å². The molecule has 0 saturated heterocycles. The molecular weight excluding hydrogens is 245 g/mol. The van der Waals surface area contributed by atoms with E-state index in [2.05, 4.69) is 0 Å². The average molecular weight is 255 g/mol. The summed E-state index contributed by atoms with van der Waals surface area (Å²) >= 11 is 0. The SMILES string of the molecule is O=C1Cc2ccccc2N1C(=O)c1ccccc1F. The maximum absolute atomic E-state index is 13.6. The maximum Gasteiger partial charge on any atom is 0.268 e. The number of carbonyl (C=O) groups excluding carboxylic acids is 2. The van der Waals surface area contributed by atoms with Crippen LogP contribution in [0.3, 0.4) is 0 Å². The molecule has 0 unspecified atom stereocenters. The van der Waals surface area contributed by atoms with E-state index < -0.39 is 11.7 Å². The van der Waals surface area contributed by atoms with Gasteiger partial charge in [-0.1, -0.05) is 30.3 Å². The largest absolute Gasteiger partial charge is 0.274 e. The van der Waals surface area contributed by atoms with E-state index in [-0.39, 0.29) is 17.9 Å². The summed E-state index contributed by atoms with van der Waals surface area (Å²) in [6.07, 6.45) is 0.177. The normalized spacial score (nSPS) is 13.5. The molecule has 0 saturated carbocycles. The molecule has 0 spiro atoms. The Morgan fingerprint density at radius 2 is 1.74 bits per heavy atom. The fourth-order valence-electron chi connectivity index (χ4n) is 2.23. The fraction of sp³-hybridized carbons (Fsp3) is 0.0667. The average Bonchev–Trinajstić information content (AvgIpc) is 2.74.